The van der Waals surface area contributed by atoms with E-state index in [0.717, 1.165) is 13.4 Å². The van der Waals surface area contributed by atoms with Crippen LogP contribution >= 0.6 is 0 Å². The van der Waals surface area contributed by atoms with Crippen LogP contribution in [0.1, 0.15) is 26.5 Å². The fourth-order valence-electron chi connectivity index (χ4n) is 0.981. The van der Waals surface area contributed by atoms with Crippen LogP contribution in [-0.4, -0.2) is 34.1 Å². The summed E-state index contributed by atoms with van der Waals surface area (Å²) in [4.78, 5) is 29.1. The Bertz CT molecular complexity index is 389. The number of aromatic carboxylic acids is 1. The van der Waals surface area contributed by atoms with Gasteiger partial charge in [0.25, 0.3) is 0 Å². The Labute approximate surface area is 79.6 Å². The maximum absolute atomic E-state index is 11.1. The number of aromatic nitrogens is 2. The summed E-state index contributed by atoms with van der Waals surface area (Å²) in [7, 11) is 1.16. The van der Waals surface area contributed by atoms with Gasteiger partial charge in [0.2, 0.25) is 0 Å². The zero-order valence-electron chi connectivity index (χ0n) is 7.64. The van der Waals surface area contributed by atoms with Crippen LogP contribution in [0.4, 0.5) is 0 Å². The van der Waals surface area contributed by atoms with Crippen LogP contribution in [0.5, 0.6) is 0 Å². The summed E-state index contributed by atoms with van der Waals surface area (Å²) in [5.74, 6) is -2.03. The number of carbonyl (C=O) groups excluding carboxylic acids is 1. The van der Waals surface area contributed by atoms with E-state index >= 15 is 0 Å². The molecule has 1 aromatic rings. The minimum atomic E-state index is -1.25. The molecule has 0 saturated heterocycles. The lowest BCUT2D eigenvalue weighted by molar-refractivity contribution is 0.0574. The fourth-order valence-corrected chi connectivity index (χ4v) is 0.981. The number of esters is 1. The molecular weight excluding hydrogens is 188 g/mol. The Balaban J connectivity index is 3.35. The van der Waals surface area contributed by atoms with Crippen LogP contribution in [0.25, 0.3) is 0 Å². The van der Waals surface area contributed by atoms with Crippen LogP contribution in [0.15, 0.2) is 6.33 Å². The predicted octanol–water partition coefficient (Wildman–Crippen LogP) is 0.270. The second-order valence-electron chi connectivity index (χ2n) is 2.48. The van der Waals surface area contributed by atoms with Crippen LogP contribution in [-0.2, 0) is 4.74 Å². The zero-order chi connectivity index (χ0) is 10.7. The van der Waals surface area contributed by atoms with Crippen molar-refractivity contribution in [3.05, 3.63) is 23.3 Å². The average molecular weight is 196 g/mol. The van der Waals surface area contributed by atoms with Gasteiger partial charge < -0.3 is 9.84 Å². The van der Waals surface area contributed by atoms with E-state index in [0.29, 0.717) is 0 Å². The van der Waals surface area contributed by atoms with Gasteiger partial charge >= 0.3 is 11.9 Å². The van der Waals surface area contributed by atoms with Crippen molar-refractivity contribution < 1.29 is 19.4 Å². The molecule has 0 aliphatic heterocycles. The molecule has 14 heavy (non-hydrogen) atoms. The van der Waals surface area contributed by atoms with Crippen LogP contribution in [0.3, 0.4) is 0 Å². The smallest absolute Gasteiger partial charge is 0.357 e. The number of ether oxygens (including phenoxy) is 1. The molecule has 0 amide bonds. The third kappa shape index (κ3) is 1.68. The largest absolute Gasteiger partial charge is 0.478 e. The van der Waals surface area contributed by atoms with E-state index in [4.69, 9.17) is 5.11 Å². The highest BCUT2D eigenvalue weighted by Gasteiger charge is 2.21. The van der Waals surface area contributed by atoms with Gasteiger partial charge in [0.15, 0.2) is 5.69 Å². The van der Waals surface area contributed by atoms with Gasteiger partial charge in [0.1, 0.15) is 11.9 Å². The summed E-state index contributed by atoms with van der Waals surface area (Å²) in [5, 5.41) is 8.80. The van der Waals surface area contributed by atoms with E-state index in [1.807, 2.05) is 0 Å². The van der Waals surface area contributed by atoms with E-state index in [2.05, 4.69) is 14.7 Å². The molecule has 0 aromatic carbocycles. The molecule has 6 heteroatoms. The van der Waals surface area contributed by atoms with E-state index in [-0.39, 0.29) is 17.0 Å². The number of aryl methyl sites for hydroxylation is 1. The standard InChI is InChI=1S/C8H8N2O4/c1-4-5(7(11)12)6(8(13)14-2)10-3-9-4/h3H,1-2H3,(H,11,12). The van der Waals surface area contributed by atoms with E-state index in [1.54, 1.807) is 0 Å². The van der Waals surface area contributed by atoms with E-state index < -0.39 is 11.9 Å². The van der Waals surface area contributed by atoms with Crippen molar-refractivity contribution in [1.29, 1.82) is 0 Å². The molecule has 74 valence electrons. The molecule has 0 atom stereocenters. The second-order valence-corrected chi connectivity index (χ2v) is 2.48. The second kappa shape index (κ2) is 3.82. The molecule has 0 bridgehead atoms. The number of hydrogen-bond acceptors (Lipinski definition) is 5. The lowest BCUT2D eigenvalue weighted by Gasteiger charge is -2.04. The molecule has 0 radical (unpaired) electrons. The Kier molecular flexibility index (Phi) is 2.76. The molecule has 0 aliphatic rings. The number of carboxylic acid groups (broad SMARTS) is 1. The van der Waals surface area contributed by atoms with Gasteiger partial charge in [-0.25, -0.2) is 19.6 Å². The minimum absolute atomic E-state index is 0.223. The summed E-state index contributed by atoms with van der Waals surface area (Å²) < 4.78 is 4.39. The van der Waals surface area contributed by atoms with Crippen molar-refractivity contribution in [3.63, 3.8) is 0 Å². The maximum atomic E-state index is 11.1. The average Bonchev–Trinajstić information content (AvgIpc) is 2.15. The van der Waals surface area contributed by atoms with Gasteiger partial charge in [0, 0.05) is 0 Å². The van der Waals surface area contributed by atoms with Crippen molar-refractivity contribution >= 4 is 11.9 Å². The summed E-state index contributed by atoms with van der Waals surface area (Å²) >= 11 is 0. The topological polar surface area (TPSA) is 89.4 Å². The van der Waals surface area contributed by atoms with Gasteiger partial charge in [-0.15, -0.1) is 0 Å². The highest BCUT2D eigenvalue weighted by atomic mass is 16.5. The molecule has 0 unspecified atom stereocenters. The molecule has 6 nitrogen and oxygen atoms in total. The number of nitrogens with zero attached hydrogens (tertiary/aromatic N) is 2. The normalized spacial score (nSPS) is 9.57. The van der Waals surface area contributed by atoms with Gasteiger partial charge in [0.05, 0.1) is 12.8 Å². The first-order valence-electron chi connectivity index (χ1n) is 3.71. The van der Waals surface area contributed by atoms with Crippen LogP contribution < -0.4 is 0 Å². The van der Waals surface area contributed by atoms with Gasteiger partial charge in [-0.05, 0) is 6.92 Å². The van der Waals surface area contributed by atoms with Crippen LogP contribution in [0, 0.1) is 6.92 Å². The SMILES string of the molecule is COC(=O)c1ncnc(C)c1C(=O)O. The molecule has 0 saturated carbocycles. The van der Waals surface area contributed by atoms with Crippen molar-refractivity contribution in [2.24, 2.45) is 0 Å². The van der Waals surface area contributed by atoms with Crippen molar-refractivity contribution in [2.75, 3.05) is 7.11 Å². The molecule has 1 N–H and O–H groups in total. The summed E-state index contributed by atoms with van der Waals surface area (Å²) in [6.45, 7) is 1.48. The molecule has 0 fully saturated rings. The third-order valence-electron chi connectivity index (χ3n) is 1.63. The number of rotatable bonds is 2. The first kappa shape index (κ1) is 10.1. The van der Waals surface area contributed by atoms with Gasteiger partial charge in [-0.1, -0.05) is 0 Å². The zero-order valence-corrected chi connectivity index (χ0v) is 7.64. The number of methoxy groups -OCH3 is 1. The van der Waals surface area contributed by atoms with Crippen molar-refractivity contribution in [3.8, 4) is 0 Å². The number of carboxylic acids is 1. The van der Waals surface area contributed by atoms with Crippen LogP contribution in [0.2, 0.25) is 0 Å². The predicted molar refractivity (Wildman–Crippen MR) is 45.1 cm³/mol. The lowest BCUT2D eigenvalue weighted by Crippen LogP contribution is -2.15. The quantitative estimate of drug-likeness (QED) is 0.683. The first-order valence-corrected chi connectivity index (χ1v) is 3.71. The Morgan fingerprint density at radius 2 is 2.07 bits per heavy atom. The Hall–Kier alpha value is -1.98. The van der Waals surface area contributed by atoms with E-state index in [9.17, 15) is 9.59 Å². The molecule has 0 aliphatic carbocycles. The molecule has 0 spiro atoms. The van der Waals surface area contributed by atoms with Gasteiger partial charge in [-0.3, -0.25) is 0 Å². The number of carbonyl (C=O) groups is 2. The number of hydrogen-bond donors (Lipinski definition) is 1. The molecular formula is C8H8N2O4. The Morgan fingerprint density at radius 3 is 2.57 bits per heavy atom. The van der Waals surface area contributed by atoms with Crippen molar-refractivity contribution in [1.82, 2.24) is 9.97 Å². The monoisotopic (exact) mass is 196 g/mol. The first-order chi connectivity index (χ1) is 6.57. The summed E-state index contributed by atoms with van der Waals surface area (Å²) in [6, 6.07) is 0. The molecule has 1 aromatic heterocycles. The summed E-state index contributed by atoms with van der Waals surface area (Å²) in [6.07, 6.45) is 1.12. The fraction of sp³-hybridized carbons (Fsp3) is 0.250. The highest BCUT2D eigenvalue weighted by Crippen LogP contribution is 2.09. The molecule has 1 heterocycles. The summed E-state index contributed by atoms with van der Waals surface area (Å²) in [5.41, 5.74) is -0.222. The lowest BCUT2D eigenvalue weighted by atomic mass is 10.1. The minimum Gasteiger partial charge on any atom is -0.478 e. The van der Waals surface area contributed by atoms with Crippen molar-refractivity contribution in [2.45, 2.75) is 6.92 Å². The Morgan fingerprint density at radius 1 is 1.43 bits per heavy atom. The molecule has 1 rings (SSSR count). The highest BCUT2D eigenvalue weighted by molar-refractivity contribution is 6.01. The maximum Gasteiger partial charge on any atom is 0.357 e. The third-order valence-corrected chi connectivity index (χ3v) is 1.63. The van der Waals surface area contributed by atoms with E-state index in [1.165, 1.54) is 6.92 Å². The van der Waals surface area contributed by atoms with Gasteiger partial charge in [-0.2, -0.15) is 0 Å².